The van der Waals surface area contributed by atoms with Gasteiger partial charge in [0, 0.05) is 24.0 Å². The van der Waals surface area contributed by atoms with E-state index in [4.69, 9.17) is 0 Å². The second kappa shape index (κ2) is 5.00. The summed E-state index contributed by atoms with van der Waals surface area (Å²) >= 11 is 0. The van der Waals surface area contributed by atoms with Crippen LogP contribution in [0.5, 0.6) is 0 Å². The summed E-state index contributed by atoms with van der Waals surface area (Å²) < 4.78 is 0. The molecule has 0 saturated heterocycles. The van der Waals surface area contributed by atoms with Crippen molar-refractivity contribution in [2.75, 3.05) is 7.05 Å². The van der Waals surface area contributed by atoms with Crippen molar-refractivity contribution in [2.45, 2.75) is 13.8 Å². The minimum Gasteiger partial charge on any atom is -0.355 e. The van der Waals surface area contributed by atoms with Crippen molar-refractivity contribution in [2.24, 2.45) is 0 Å². The lowest BCUT2D eigenvalue weighted by Gasteiger charge is -2.06. The predicted molar refractivity (Wildman–Crippen MR) is 72.5 cm³/mol. The first-order chi connectivity index (χ1) is 8.60. The molecule has 0 saturated carbocycles. The highest BCUT2D eigenvalue weighted by Gasteiger charge is 2.04. The van der Waals surface area contributed by atoms with Crippen LogP contribution in [0.1, 0.15) is 21.7 Å². The van der Waals surface area contributed by atoms with E-state index in [2.05, 4.69) is 10.3 Å². The van der Waals surface area contributed by atoms with Crippen molar-refractivity contribution < 1.29 is 4.79 Å². The smallest absolute Gasteiger partial charge is 0.251 e. The molecule has 3 nitrogen and oxygen atoms in total. The lowest BCUT2D eigenvalue weighted by molar-refractivity contribution is 0.0963. The van der Waals surface area contributed by atoms with Gasteiger partial charge in [-0.25, -0.2) is 0 Å². The summed E-state index contributed by atoms with van der Waals surface area (Å²) in [7, 11) is 1.63. The first kappa shape index (κ1) is 12.3. The van der Waals surface area contributed by atoms with Gasteiger partial charge in [-0.3, -0.25) is 9.78 Å². The van der Waals surface area contributed by atoms with Crippen LogP contribution in [0.4, 0.5) is 0 Å². The fourth-order valence-corrected chi connectivity index (χ4v) is 1.96. The normalized spacial score (nSPS) is 10.2. The van der Waals surface area contributed by atoms with Gasteiger partial charge in [0.25, 0.3) is 5.91 Å². The van der Waals surface area contributed by atoms with Crippen LogP contribution in [0, 0.1) is 13.8 Å². The van der Waals surface area contributed by atoms with E-state index in [9.17, 15) is 4.79 Å². The number of hydrogen-bond acceptors (Lipinski definition) is 2. The van der Waals surface area contributed by atoms with Gasteiger partial charge in [-0.05, 0) is 49.2 Å². The van der Waals surface area contributed by atoms with E-state index in [1.165, 1.54) is 0 Å². The van der Waals surface area contributed by atoms with Crippen LogP contribution in [0.3, 0.4) is 0 Å². The largest absolute Gasteiger partial charge is 0.355 e. The average molecular weight is 240 g/mol. The van der Waals surface area contributed by atoms with Gasteiger partial charge in [0.2, 0.25) is 0 Å². The highest BCUT2D eigenvalue weighted by atomic mass is 16.1. The molecule has 0 unspecified atom stereocenters. The highest BCUT2D eigenvalue weighted by molar-refractivity contribution is 5.94. The number of amides is 1. The number of aromatic nitrogens is 1. The Hall–Kier alpha value is -2.16. The molecule has 1 aromatic carbocycles. The molecule has 3 heteroatoms. The minimum atomic E-state index is -0.0661. The van der Waals surface area contributed by atoms with Crippen LogP contribution in [-0.4, -0.2) is 17.9 Å². The van der Waals surface area contributed by atoms with Crippen LogP contribution in [0.15, 0.2) is 36.4 Å². The van der Waals surface area contributed by atoms with Crippen molar-refractivity contribution in [3.8, 4) is 11.1 Å². The monoisotopic (exact) mass is 240 g/mol. The second-order valence-electron chi connectivity index (χ2n) is 4.30. The summed E-state index contributed by atoms with van der Waals surface area (Å²) in [5.74, 6) is -0.0661. The quantitative estimate of drug-likeness (QED) is 0.877. The summed E-state index contributed by atoms with van der Waals surface area (Å²) in [6.07, 6.45) is 0. The molecule has 0 spiro atoms. The Morgan fingerprint density at radius 1 is 1.00 bits per heavy atom. The van der Waals surface area contributed by atoms with Gasteiger partial charge in [-0.2, -0.15) is 0 Å². The number of carbonyl (C=O) groups excluding carboxylic acids is 1. The summed E-state index contributed by atoms with van der Waals surface area (Å²) in [5.41, 5.74) is 4.89. The molecule has 1 aromatic heterocycles. The Bertz CT molecular complexity index is 553. The van der Waals surface area contributed by atoms with E-state index < -0.39 is 0 Å². The summed E-state index contributed by atoms with van der Waals surface area (Å²) in [6.45, 7) is 3.96. The summed E-state index contributed by atoms with van der Waals surface area (Å²) in [5, 5.41) is 2.61. The molecule has 0 atom stereocenters. The van der Waals surface area contributed by atoms with E-state index in [0.29, 0.717) is 5.56 Å². The number of aryl methyl sites for hydroxylation is 2. The molecule has 0 aliphatic rings. The van der Waals surface area contributed by atoms with Crippen molar-refractivity contribution >= 4 is 5.91 Å². The van der Waals surface area contributed by atoms with Crippen LogP contribution < -0.4 is 5.32 Å². The number of pyridine rings is 1. The fraction of sp³-hybridized carbons (Fsp3) is 0.200. The van der Waals surface area contributed by atoms with Gasteiger partial charge in [-0.1, -0.05) is 12.1 Å². The molecule has 0 aliphatic heterocycles. The molecule has 1 amide bonds. The summed E-state index contributed by atoms with van der Waals surface area (Å²) in [6, 6.07) is 11.7. The molecular formula is C15H16N2O. The minimum absolute atomic E-state index is 0.0661. The maximum Gasteiger partial charge on any atom is 0.251 e. The number of rotatable bonds is 2. The Morgan fingerprint density at radius 3 is 2.06 bits per heavy atom. The van der Waals surface area contributed by atoms with Crippen molar-refractivity contribution in [3.05, 3.63) is 53.3 Å². The van der Waals surface area contributed by atoms with Gasteiger partial charge in [0.1, 0.15) is 0 Å². The van der Waals surface area contributed by atoms with Crippen LogP contribution in [0.25, 0.3) is 11.1 Å². The van der Waals surface area contributed by atoms with Gasteiger partial charge in [0.15, 0.2) is 0 Å². The van der Waals surface area contributed by atoms with Gasteiger partial charge < -0.3 is 5.32 Å². The predicted octanol–water partition coefficient (Wildman–Crippen LogP) is 2.73. The number of hydrogen-bond donors (Lipinski definition) is 1. The SMILES string of the molecule is CNC(=O)c1ccc(-c2cc(C)nc(C)c2)cc1. The van der Waals surface area contributed by atoms with Crippen LogP contribution in [-0.2, 0) is 0 Å². The molecule has 1 heterocycles. The molecule has 0 fully saturated rings. The lowest BCUT2D eigenvalue weighted by Crippen LogP contribution is -2.17. The standard InChI is InChI=1S/C15H16N2O/c1-10-8-14(9-11(2)17-10)12-4-6-13(7-5-12)15(18)16-3/h4-9H,1-3H3,(H,16,18). The Balaban J connectivity index is 2.37. The molecular weight excluding hydrogens is 224 g/mol. The zero-order valence-corrected chi connectivity index (χ0v) is 10.8. The van der Waals surface area contributed by atoms with E-state index in [1.54, 1.807) is 7.05 Å². The van der Waals surface area contributed by atoms with E-state index in [-0.39, 0.29) is 5.91 Å². The topological polar surface area (TPSA) is 42.0 Å². The van der Waals surface area contributed by atoms with Gasteiger partial charge >= 0.3 is 0 Å². The van der Waals surface area contributed by atoms with Crippen molar-refractivity contribution in [3.63, 3.8) is 0 Å². The molecule has 18 heavy (non-hydrogen) atoms. The lowest BCUT2D eigenvalue weighted by atomic mass is 10.0. The van der Waals surface area contributed by atoms with Gasteiger partial charge in [-0.15, -0.1) is 0 Å². The second-order valence-corrected chi connectivity index (χ2v) is 4.30. The molecule has 1 N–H and O–H groups in total. The first-order valence-electron chi connectivity index (χ1n) is 5.88. The van der Waals surface area contributed by atoms with Crippen LogP contribution in [0.2, 0.25) is 0 Å². The van der Waals surface area contributed by atoms with E-state index >= 15 is 0 Å². The number of nitrogens with one attached hydrogen (secondary N) is 1. The summed E-state index contributed by atoms with van der Waals surface area (Å²) in [4.78, 5) is 15.8. The highest BCUT2D eigenvalue weighted by Crippen LogP contribution is 2.21. The molecule has 0 radical (unpaired) electrons. The maximum atomic E-state index is 11.4. The zero-order valence-electron chi connectivity index (χ0n) is 10.8. The number of benzene rings is 1. The fourth-order valence-electron chi connectivity index (χ4n) is 1.96. The Morgan fingerprint density at radius 2 is 1.56 bits per heavy atom. The van der Waals surface area contributed by atoms with Crippen molar-refractivity contribution in [1.29, 1.82) is 0 Å². The number of carbonyl (C=O) groups is 1. The molecule has 2 rings (SSSR count). The van der Waals surface area contributed by atoms with Gasteiger partial charge in [0.05, 0.1) is 0 Å². The Labute approximate surface area is 107 Å². The van der Waals surface area contributed by atoms with E-state index in [0.717, 1.165) is 22.5 Å². The third kappa shape index (κ3) is 2.56. The van der Waals surface area contributed by atoms with Crippen LogP contribution >= 0.6 is 0 Å². The average Bonchev–Trinajstić information content (AvgIpc) is 2.37. The zero-order chi connectivity index (χ0) is 13.1. The molecule has 92 valence electrons. The first-order valence-corrected chi connectivity index (χ1v) is 5.88. The third-order valence-corrected chi connectivity index (χ3v) is 2.79. The number of nitrogens with zero attached hydrogens (tertiary/aromatic N) is 1. The maximum absolute atomic E-state index is 11.4. The third-order valence-electron chi connectivity index (χ3n) is 2.79. The van der Waals surface area contributed by atoms with Crippen molar-refractivity contribution in [1.82, 2.24) is 10.3 Å². The Kier molecular flexibility index (Phi) is 3.42. The molecule has 2 aromatic rings. The van der Waals surface area contributed by atoms with E-state index in [1.807, 2.05) is 50.2 Å². The molecule has 0 bridgehead atoms. The molecule has 0 aliphatic carbocycles.